The summed E-state index contributed by atoms with van der Waals surface area (Å²) in [7, 11) is 5.73. The first-order valence-electron chi connectivity index (χ1n) is 10.2. The van der Waals surface area contributed by atoms with Crippen molar-refractivity contribution in [2.75, 3.05) is 27.8 Å². The van der Waals surface area contributed by atoms with Gasteiger partial charge in [-0.2, -0.15) is 0 Å². The van der Waals surface area contributed by atoms with Crippen LogP contribution in [0.1, 0.15) is 61.8 Å². The van der Waals surface area contributed by atoms with Gasteiger partial charge in [0, 0.05) is 22.6 Å². The monoisotopic (exact) mass is 383 g/mol. The molecule has 0 atom stereocenters. The molecule has 0 unspecified atom stereocenters. The van der Waals surface area contributed by atoms with Crippen LogP contribution in [0.25, 0.3) is 0 Å². The zero-order valence-electron chi connectivity index (χ0n) is 18.9. The number of hydrogen-bond acceptors (Lipinski definition) is 3. The van der Waals surface area contributed by atoms with Crippen LogP contribution in [0, 0.1) is 13.8 Å². The Morgan fingerprint density at radius 2 is 1.36 bits per heavy atom. The number of aryl methyl sites for hydroxylation is 2. The summed E-state index contributed by atoms with van der Waals surface area (Å²) in [5, 5.41) is 0. The fourth-order valence-corrected chi connectivity index (χ4v) is 3.63. The molecule has 154 valence electrons. The van der Waals surface area contributed by atoms with Gasteiger partial charge in [-0.15, -0.1) is 0 Å². The van der Waals surface area contributed by atoms with Crippen molar-refractivity contribution in [3.05, 3.63) is 58.7 Å². The van der Waals surface area contributed by atoms with Gasteiger partial charge >= 0.3 is 0 Å². The third kappa shape index (κ3) is 5.08. The van der Waals surface area contributed by atoms with Crippen molar-refractivity contribution >= 4 is 0 Å². The molecule has 0 amide bonds. The largest absolute Gasteiger partial charge is 0.496 e. The molecule has 0 fully saturated rings. The second-order valence-corrected chi connectivity index (χ2v) is 8.42. The zero-order chi connectivity index (χ0) is 20.9. The fraction of sp³-hybridized carbons (Fsp3) is 0.520. The Hall–Kier alpha value is -2.00. The van der Waals surface area contributed by atoms with E-state index in [0.717, 1.165) is 30.9 Å². The summed E-state index contributed by atoms with van der Waals surface area (Å²) in [5.41, 5.74) is 5.13. The summed E-state index contributed by atoms with van der Waals surface area (Å²) in [6.07, 6.45) is 2.12. The molecule has 0 N–H and O–H groups in total. The number of nitrogens with zero attached hydrogens (tertiary/aromatic N) is 1. The molecule has 0 spiro atoms. The van der Waals surface area contributed by atoms with Gasteiger partial charge in [0.15, 0.2) is 0 Å². The van der Waals surface area contributed by atoms with Gasteiger partial charge in [0.05, 0.1) is 14.2 Å². The number of rotatable bonds is 9. The summed E-state index contributed by atoms with van der Waals surface area (Å²) in [6, 6.07) is 12.9. The summed E-state index contributed by atoms with van der Waals surface area (Å²) in [6.45, 7) is 12.1. The van der Waals surface area contributed by atoms with Crippen molar-refractivity contribution in [3.8, 4) is 11.5 Å². The van der Waals surface area contributed by atoms with E-state index in [1.165, 1.54) is 22.3 Å². The Labute approximate surface area is 171 Å². The Balaban J connectivity index is 2.51. The Morgan fingerprint density at radius 3 is 1.75 bits per heavy atom. The number of benzene rings is 2. The maximum atomic E-state index is 5.75. The minimum Gasteiger partial charge on any atom is -0.496 e. The second kappa shape index (κ2) is 9.47. The van der Waals surface area contributed by atoms with Gasteiger partial charge in [0.25, 0.3) is 0 Å². The van der Waals surface area contributed by atoms with Crippen LogP contribution in [0.4, 0.5) is 0 Å². The normalized spacial score (nSPS) is 11.9. The first kappa shape index (κ1) is 22.3. The molecule has 0 saturated heterocycles. The molecule has 0 aromatic heterocycles. The maximum Gasteiger partial charge on any atom is 0.122 e. The SMILES string of the molecule is CCC(C)(C)N(C)CCC(c1cc(C)ccc1OC)c1cc(C)ccc1OC. The van der Waals surface area contributed by atoms with Crippen LogP contribution >= 0.6 is 0 Å². The molecular weight excluding hydrogens is 346 g/mol. The van der Waals surface area contributed by atoms with Gasteiger partial charge in [0.2, 0.25) is 0 Å². The van der Waals surface area contributed by atoms with Crippen molar-refractivity contribution in [2.45, 2.75) is 58.9 Å². The zero-order valence-corrected chi connectivity index (χ0v) is 18.9. The predicted molar refractivity (Wildman–Crippen MR) is 119 cm³/mol. The van der Waals surface area contributed by atoms with Crippen LogP contribution in [0.2, 0.25) is 0 Å². The van der Waals surface area contributed by atoms with Gasteiger partial charge in [-0.1, -0.05) is 42.3 Å². The van der Waals surface area contributed by atoms with Crippen molar-refractivity contribution in [3.63, 3.8) is 0 Å². The first-order chi connectivity index (χ1) is 13.2. The maximum absolute atomic E-state index is 5.75. The molecule has 0 radical (unpaired) electrons. The lowest BCUT2D eigenvalue weighted by Gasteiger charge is -2.36. The van der Waals surface area contributed by atoms with Crippen LogP contribution in [0.5, 0.6) is 11.5 Å². The van der Waals surface area contributed by atoms with Crippen molar-refractivity contribution in [1.29, 1.82) is 0 Å². The Morgan fingerprint density at radius 1 is 0.893 bits per heavy atom. The van der Waals surface area contributed by atoms with Crippen molar-refractivity contribution in [2.24, 2.45) is 0 Å². The van der Waals surface area contributed by atoms with Crippen LogP contribution in [-0.4, -0.2) is 38.3 Å². The van der Waals surface area contributed by atoms with Crippen molar-refractivity contribution < 1.29 is 9.47 Å². The van der Waals surface area contributed by atoms with Gasteiger partial charge in [-0.25, -0.2) is 0 Å². The molecular formula is C25H37NO2. The molecule has 0 saturated carbocycles. The van der Waals surface area contributed by atoms with Gasteiger partial charge in [-0.05, 0) is 66.3 Å². The van der Waals surface area contributed by atoms with Gasteiger partial charge in [-0.3, -0.25) is 0 Å². The molecule has 2 rings (SSSR count). The molecule has 3 nitrogen and oxygen atoms in total. The van der Waals surface area contributed by atoms with E-state index in [9.17, 15) is 0 Å². The number of methoxy groups -OCH3 is 2. The summed E-state index contributed by atoms with van der Waals surface area (Å²) >= 11 is 0. The van der Waals surface area contributed by atoms with E-state index >= 15 is 0 Å². The average molecular weight is 384 g/mol. The summed E-state index contributed by atoms with van der Waals surface area (Å²) < 4.78 is 11.5. The van der Waals surface area contributed by atoms with E-state index < -0.39 is 0 Å². The first-order valence-corrected chi connectivity index (χ1v) is 10.2. The molecule has 0 aliphatic rings. The summed E-state index contributed by atoms with van der Waals surface area (Å²) in [5.74, 6) is 2.09. The molecule has 2 aromatic carbocycles. The van der Waals surface area contributed by atoms with Crippen molar-refractivity contribution in [1.82, 2.24) is 4.90 Å². The smallest absolute Gasteiger partial charge is 0.122 e. The van der Waals surface area contributed by atoms with E-state index in [-0.39, 0.29) is 11.5 Å². The average Bonchev–Trinajstić information content (AvgIpc) is 2.68. The lowest BCUT2D eigenvalue weighted by molar-refractivity contribution is 0.147. The van der Waals surface area contributed by atoms with E-state index in [1.807, 2.05) is 0 Å². The third-order valence-electron chi connectivity index (χ3n) is 6.17. The molecule has 2 aromatic rings. The lowest BCUT2D eigenvalue weighted by atomic mass is 9.85. The van der Waals surface area contributed by atoms with Crippen LogP contribution < -0.4 is 9.47 Å². The predicted octanol–water partition coefficient (Wildman–Crippen LogP) is 5.96. The Bertz CT molecular complexity index is 729. The quantitative estimate of drug-likeness (QED) is 0.533. The van der Waals surface area contributed by atoms with Crippen LogP contribution in [0.3, 0.4) is 0 Å². The van der Waals surface area contributed by atoms with E-state index in [4.69, 9.17) is 9.47 Å². The molecule has 0 bridgehead atoms. The topological polar surface area (TPSA) is 21.7 Å². The Kier molecular flexibility index (Phi) is 7.54. The molecule has 0 aliphatic heterocycles. The standard InChI is InChI=1S/C25H37NO2/c1-9-25(4,5)26(6)15-14-20(21-16-18(2)10-12-23(21)27-7)22-17-19(3)11-13-24(22)28-8/h10-13,16-17,20H,9,14-15H2,1-8H3. The highest BCUT2D eigenvalue weighted by molar-refractivity contribution is 5.49. The fourth-order valence-electron chi connectivity index (χ4n) is 3.63. The van der Waals surface area contributed by atoms with E-state index in [0.29, 0.717) is 0 Å². The molecule has 3 heteroatoms. The van der Waals surface area contributed by atoms with E-state index in [2.05, 4.69) is 83.0 Å². The molecule has 0 heterocycles. The lowest BCUT2D eigenvalue weighted by Crippen LogP contribution is -2.41. The van der Waals surface area contributed by atoms with Crippen LogP contribution in [0.15, 0.2) is 36.4 Å². The highest BCUT2D eigenvalue weighted by Gasteiger charge is 2.26. The highest BCUT2D eigenvalue weighted by Crippen LogP contribution is 2.40. The number of hydrogen-bond donors (Lipinski definition) is 0. The van der Waals surface area contributed by atoms with Crippen LogP contribution in [-0.2, 0) is 0 Å². The van der Waals surface area contributed by atoms with E-state index in [1.54, 1.807) is 14.2 Å². The summed E-state index contributed by atoms with van der Waals surface area (Å²) in [4.78, 5) is 2.46. The minimum atomic E-state index is 0.179. The second-order valence-electron chi connectivity index (χ2n) is 8.42. The number of ether oxygens (including phenoxy) is 2. The van der Waals surface area contributed by atoms with Gasteiger partial charge in [0.1, 0.15) is 11.5 Å². The molecule has 28 heavy (non-hydrogen) atoms. The minimum absolute atomic E-state index is 0.179. The highest BCUT2D eigenvalue weighted by atomic mass is 16.5. The van der Waals surface area contributed by atoms with Gasteiger partial charge < -0.3 is 14.4 Å². The molecule has 0 aliphatic carbocycles. The third-order valence-corrected chi connectivity index (χ3v) is 6.17.